The van der Waals surface area contributed by atoms with Crippen LogP contribution in [0.2, 0.25) is 0 Å². The predicted molar refractivity (Wildman–Crippen MR) is 106 cm³/mol. The fourth-order valence-corrected chi connectivity index (χ4v) is 3.10. The van der Waals surface area contributed by atoms with Gasteiger partial charge in [-0.15, -0.1) is 0 Å². The number of rotatable bonds is 7. The first kappa shape index (κ1) is 20.6. The predicted octanol–water partition coefficient (Wildman–Crippen LogP) is 3.38. The van der Waals surface area contributed by atoms with E-state index in [1.54, 1.807) is 30.0 Å². The fraction of sp³-hybridized carbons (Fsp3) is 0.333. The molecular weight excluding hydrogens is 380 g/mol. The van der Waals surface area contributed by atoms with Gasteiger partial charge in [0.25, 0.3) is 5.91 Å². The molecule has 2 aromatic rings. The van der Waals surface area contributed by atoms with Gasteiger partial charge in [0, 0.05) is 37.4 Å². The zero-order valence-corrected chi connectivity index (χ0v) is 16.1. The Hall–Kier alpha value is -3.16. The lowest BCUT2D eigenvalue weighted by atomic mass is 10.2. The Morgan fingerprint density at radius 3 is 2.38 bits per heavy atom. The van der Waals surface area contributed by atoms with E-state index in [0.717, 1.165) is 18.8 Å². The molecule has 1 fully saturated rings. The number of para-hydroxylation sites is 2. The molecule has 2 aromatic carbocycles. The third-order valence-corrected chi connectivity index (χ3v) is 4.61. The van der Waals surface area contributed by atoms with E-state index >= 15 is 0 Å². The molecule has 0 aliphatic carbocycles. The first-order valence-electron chi connectivity index (χ1n) is 9.36. The molecule has 1 aliphatic heterocycles. The van der Waals surface area contributed by atoms with Gasteiger partial charge in [-0.2, -0.15) is 8.78 Å². The summed E-state index contributed by atoms with van der Waals surface area (Å²) in [6.45, 7) is 1.35. The zero-order chi connectivity index (χ0) is 20.6. The van der Waals surface area contributed by atoms with Crippen LogP contribution in [0.25, 0.3) is 0 Å². The molecule has 154 valence electrons. The number of amides is 1. The number of carbonyl (C=O) groups excluding carboxylic acids is 1. The lowest BCUT2D eigenvalue weighted by Crippen LogP contribution is -2.51. The summed E-state index contributed by atoms with van der Waals surface area (Å²) < 4.78 is 29.3. The van der Waals surface area contributed by atoms with E-state index in [4.69, 9.17) is 4.84 Å². The normalized spacial score (nSPS) is 15.6. The minimum Gasteiger partial charge on any atom is -0.434 e. The molecule has 3 rings (SSSR count). The smallest absolute Gasteiger partial charge is 0.387 e. The lowest BCUT2D eigenvalue weighted by molar-refractivity contribution is -0.142. The van der Waals surface area contributed by atoms with Crippen LogP contribution in [0.3, 0.4) is 0 Å². The number of benzene rings is 2. The van der Waals surface area contributed by atoms with Crippen LogP contribution in [0, 0.1) is 0 Å². The summed E-state index contributed by atoms with van der Waals surface area (Å²) in [5.41, 5.74) is 1.47. The highest BCUT2D eigenvalue weighted by Gasteiger charge is 2.26. The number of anilines is 1. The second-order valence-corrected chi connectivity index (χ2v) is 6.55. The minimum atomic E-state index is -2.93. The average Bonchev–Trinajstić information content (AvgIpc) is 2.74. The van der Waals surface area contributed by atoms with Crippen molar-refractivity contribution >= 4 is 17.8 Å². The SMILES string of the molecule is CC(O/N=C/c1ccccc1OC(F)F)C(=O)N1CCN(c2ccccc2)CC1. The standard InChI is InChI=1S/C21H23F2N3O3/c1-16(29-24-15-17-7-5-6-10-19(17)28-21(22)23)20(27)26-13-11-25(12-14-26)18-8-3-2-4-9-18/h2-10,15-16,21H,11-14H2,1H3/b24-15+. The van der Waals surface area contributed by atoms with Crippen LogP contribution < -0.4 is 9.64 Å². The summed E-state index contributed by atoms with van der Waals surface area (Å²) in [6, 6.07) is 16.3. The largest absolute Gasteiger partial charge is 0.434 e. The molecule has 0 spiro atoms. The van der Waals surface area contributed by atoms with E-state index in [9.17, 15) is 13.6 Å². The van der Waals surface area contributed by atoms with Crippen molar-refractivity contribution in [1.29, 1.82) is 0 Å². The minimum absolute atomic E-state index is 0.00846. The molecule has 0 N–H and O–H groups in total. The molecule has 1 unspecified atom stereocenters. The summed E-state index contributed by atoms with van der Waals surface area (Å²) in [7, 11) is 0. The van der Waals surface area contributed by atoms with Crippen molar-refractivity contribution in [3.8, 4) is 5.75 Å². The van der Waals surface area contributed by atoms with Gasteiger partial charge in [-0.25, -0.2) is 0 Å². The second kappa shape index (κ2) is 9.86. The van der Waals surface area contributed by atoms with Crippen molar-refractivity contribution in [3.05, 3.63) is 60.2 Å². The van der Waals surface area contributed by atoms with E-state index in [0.29, 0.717) is 18.7 Å². The van der Waals surface area contributed by atoms with Crippen molar-refractivity contribution < 1.29 is 23.1 Å². The van der Waals surface area contributed by atoms with Gasteiger partial charge < -0.3 is 19.4 Å². The van der Waals surface area contributed by atoms with E-state index in [2.05, 4.69) is 14.8 Å². The summed E-state index contributed by atoms with van der Waals surface area (Å²) in [6.07, 6.45) is 0.479. The van der Waals surface area contributed by atoms with Crippen LogP contribution in [-0.4, -0.2) is 55.9 Å². The van der Waals surface area contributed by atoms with Crippen LogP contribution in [0.4, 0.5) is 14.5 Å². The first-order chi connectivity index (χ1) is 14.0. The van der Waals surface area contributed by atoms with Gasteiger partial charge >= 0.3 is 6.61 Å². The molecule has 8 heteroatoms. The molecule has 1 heterocycles. The number of hydrogen-bond donors (Lipinski definition) is 0. The molecule has 1 atom stereocenters. The maximum Gasteiger partial charge on any atom is 0.387 e. The molecule has 6 nitrogen and oxygen atoms in total. The quantitative estimate of drug-likeness (QED) is 0.525. The molecule has 0 saturated carbocycles. The molecule has 1 aliphatic rings. The van der Waals surface area contributed by atoms with E-state index < -0.39 is 12.7 Å². The van der Waals surface area contributed by atoms with E-state index in [1.807, 2.05) is 30.3 Å². The highest BCUT2D eigenvalue weighted by atomic mass is 19.3. The van der Waals surface area contributed by atoms with Gasteiger partial charge in [-0.1, -0.05) is 35.5 Å². The molecule has 1 saturated heterocycles. The number of ether oxygens (including phenoxy) is 1. The van der Waals surface area contributed by atoms with Crippen LogP contribution in [0.15, 0.2) is 59.8 Å². The highest BCUT2D eigenvalue weighted by Crippen LogP contribution is 2.19. The Morgan fingerprint density at radius 1 is 1.03 bits per heavy atom. The number of hydrogen-bond acceptors (Lipinski definition) is 5. The summed E-state index contributed by atoms with van der Waals surface area (Å²) in [5, 5.41) is 3.78. The van der Waals surface area contributed by atoms with Crippen molar-refractivity contribution in [3.63, 3.8) is 0 Å². The summed E-state index contributed by atoms with van der Waals surface area (Å²) >= 11 is 0. The molecule has 0 aromatic heterocycles. The topological polar surface area (TPSA) is 54.4 Å². The average molecular weight is 403 g/mol. The maximum absolute atomic E-state index is 12.6. The fourth-order valence-electron chi connectivity index (χ4n) is 3.10. The zero-order valence-electron chi connectivity index (χ0n) is 16.1. The van der Waals surface area contributed by atoms with Gasteiger partial charge in [0.05, 0.1) is 6.21 Å². The van der Waals surface area contributed by atoms with E-state index in [-0.39, 0.29) is 11.7 Å². The molecule has 29 heavy (non-hydrogen) atoms. The monoisotopic (exact) mass is 403 g/mol. The number of alkyl halides is 2. The Morgan fingerprint density at radius 2 is 1.69 bits per heavy atom. The third kappa shape index (κ3) is 5.66. The van der Waals surface area contributed by atoms with Crippen LogP contribution in [-0.2, 0) is 9.63 Å². The number of halogens is 2. The Balaban J connectivity index is 1.51. The lowest BCUT2D eigenvalue weighted by Gasteiger charge is -2.36. The van der Waals surface area contributed by atoms with Crippen molar-refractivity contribution in [2.75, 3.05) is 31.1 Å². The Kier molecular flexibility index (Phi) is 6.99. The van der Waals surface area contributed by atoms with E-state index in [1.165, 1.54) is 12.3 Å². The van der Waals surface area contributed by atoms with Gasteiger partial charge in [0.2, 0.25) is 6.10 Å². The Labute approximate surface area is 168 Å². The van der Waals surface area contributed by atoms with Gasteiger partial charge in [0.1, 0.15) is 5.75 Å². The summed E-state index contributed by atoms with van der Waals surface area (Å²) in [5.74, 6) is -0.169. The number of carbonyl (C=O) groups is 1. The molecular formula is C21H23F2N3O3. The number of piperazine rings is 1. The van der Waals surface area contributed by atoms with Crippen molar-refractivity contribution in [2.45, 2.75) is 19.6 Å². The van der Waals surface area contributed by atoms with Crippen molar-refractivity contribution in [1.82, 2.24) is 4.90 Å². The number of oxime groups is 1. The second-order valence-electron chi connectivity index (χ2n) is 6.55. The van der Waals surface area contributed by atoms with Crippen molar-refractivity contribution in [2.24, 2.45) is 5.16 Å². The Bertz CT molecular complexity index is 825. The van der Waals surface area contributed by atoms with Gasteiger partial charge in [-0.3, -0.25) is 4.79 Å². The van der Waals surface area contributed by atoms with Gasteiger partial charge in [0.15, 0.2) is 0 Å². The highest BCUT2D eigenvalue weighted by molar-refractivity contribution is 5.83. The molecule has 0 radical (unpaired) electrons. The van der Waals surface area contributed by atoms with Crippen LogP contribution >= 0.6 is 0 Å². The third-order valence-electron chi connectivity index (χ3n) is 4.61. The van der Waals surface area contributed by atoms with Crippen LogP contribution in [0.1, 0.15) is 12.5 Å². The first-order valence-corrected chi connectivity index (χ1v) is 9.36. The maximum atomic E-state index is 12.6. The van der Waals surface area contributed by atoms with Crippen LogP contribution in [0.5, 0.6) is 5.75 Å². The molecule has 1 amide bonds. The van der Waals surface area contributed by atoms with Gasteiger partial charge in [-0.05, 0) is 31.2 Å². The summed E-state index contributed by atoms with van der Waals surface area (Å²) in [4.78, 5) is 21.8. The number of nitrogens with zero attached hydrogens (tertiary/aromatic N) is 3. The molecule has 0 bridgehead atoms.